The lowest BCUT2D eigenvalue weighted by Gasteiger charge is -2.18. The van der Waals surface area contributed by atoms with Crippen molar-refractivity contribution in [3.8, 4) is 0 Å². The number of hydrogen-bond acceptors (Lipinski definition) is 6. The lowest BCUT2D eigenvalue weighted by Crippen LogP contribution is -2.30. The van der Waals surface area contributed by atoms with Crippen LogP contribution in [0.4, 0.5) is 0 Å². The van der Waals surface area contributed by atoms with Crippen molar-refractivity contribution in [3.05, 3.63) is 72.9 Å². The largest absolute Gasteiger partial charge is 0.462 e. The number of esters is 3. The Balaban J connectivity index is 4.34. The van der Waals surface area contributed by atoms with Crippen LogP contribution in [0.25, 0.3) is 0 Å². The van der Waals surface area contributed by atoms with E-state index in [0.29, 0.717) is 19.3 Å². The van der Waals surface area contributed by atoms with Crippen LogP contribution in [-0.4, -0.2) is 37.2 Å². The molecular weight excluding hydrogens is 697 g/mol. The third kappa shape index (κ3) is 42.0. The van der Waals surface area contributed by atoms with Gasteiger partial charge >= 0.3 is 17.9 Å². The Morgan fingerprint density at radius 2 is 0.714 bits per heavy atom. The summed E-state index contributed by atoms with van der Waals surface area (Å²) in [5.74, 6) is -0.986. The summed E-state index contributed by atoms with van der Waals surface area (Å²) in [6.07, 6.45) is 54.9. The van der Waals surface area contributed by atoms with Crippen LogP contribution in [0.15, 0.2) is 72.9 Å². The Hall–Kier alpha value is -3.15. The fraction of sp³-hybridized carbons (Fsp3) is 0.700. The number of unbranched alkanes of at least 4 members (excludes halogenated alkanes) is 17. The first-order valence-electron chi connectivity index (χ1n) is 22.9. The first-order valence-corrected chi connectivity index (χ1v) is 22.9. The molecule has 0 aromatic carbocycles. The van der Waals surface area contributed by atoms with E-state index in [1.807, 2.05) is 0 Å². The summed E-state index contributed by atoms with van der Waals surface area (Å²) in [6.45, 7) is 6.36. The highest BCUT2D eigenvalue weighted by Gasteiger charge is 2.19. The molecule has 0 radical (unpaired) electrons. The van der Waals surface area contributed by atoms with Gasteiger partial charge in [0, 0.05) is 19.3 Å². The molecule has 6 heteroatoms. The Kier molecular flexibility index (Phi) is 42.1. The van der Waals surface area contributed by atoms with Crippen LogP contribution in [-0.2, 0) is 28.6 Å². The second-order valence-electron chi connectivity index (χ2n) is 14.9. The van der Waals surface area contributed by atoms with Gasteiger partial charge in [0.15, 0.2) is 6.10 Å². The SMILES string of the molecule is CC/C=C\C/C=C\C/C=C\C/C=C\C/C=C\CCCC(=O)OCC(COC(=O)CCCCCCC)OC(=O)CCCCCCC/C=C\CCCCCCCCC. The van der Waals surface area contributed by atoms with Crippen molar-refractivity contribution in [2.75, 3.05) is 13.2 Å². The van der Waals surface area contributed by atoms with Crippen LogP contribution in [0.3, 0.4) is 0 Å². The number of hydrogen-bond donors (Lipinski definition) is 0. The Labute approximate surface area is 344 Å². The van der Waals surface area contributed by atoms with Gasteiger partial charge in [0.2, 0.25) is 0 Å². The van der Waals surface area contributed by atoms with Crippen LogP contribution in [0.1, 0.15) is 207 Å². The highest BCUT2D eigenvalue weighted by molar-refractivity contribution is 5.71. The van der Waals surface area contributed by atoms with E-state index in [-0.39, 0.29) is 37.5 Å². The quantitative estimate of drug-likeness (QED) is 0.0267. The second-order valence-corrected chi connectivity index (χ2v) is 14.9. The molecule has 6 nitrogen and oxygen atoms in total. The van der Waals surface area contributed by atoms with Crippen molar-refractivity contribution in [2.24, 2.45) is 0 Å². The standard InChI is InChI=1S/C50H84O6/c1-4-7-10-13-15-17-19-21-23-25-27-28-30-32-34-37-40-43-49(52)55-46-47(45-54-48(51)42-39-36-12-9-6-3)56-50(53)44-41-38-35-33-31-29-26-24-22-20-18-16-14-11-8-5-2/h7,10,15,17,21,23-24,26-28,32,34,47H,4-6,8-9,11-14,16,18-20,22,25,29-31,33,35-46H2,1-3H3/b10-7-,17-15-,23-21-,26-24-,28-27-,34-32-. The monoisotopic (exact) mass is 781 g/mol. The molecular formula is C50H84O6. The maximum absolute atomic E-state index is 12.7. The molecule has 0 spiro atoms. The van der Waals surface area contributed by atoms with Gasteiger partial charge in [0.25, 0.3) is 0 Å². The molecule has 0 aliphatic carbocycles. The van der Waals surface area contributed by atoms with Crippen LogP contribution < -0.4 is 0 Å². The normalized spacial score (nSPS) is 12.7. The van der Waals surface area contributed by atoms with Gasteiger partial charge in [-0.3, -0.25) is 14.4 Å². The number of rotatable bonds is 40. The molecule has 0 aromatic rings. The smallest absolute Gasteiger partial charge is 0.306 e. The minimum Gasteiger partial charge on any atom is -0.462 e. The number of carbonyl (C=O) groups excluding carboxylic acids is 3. The summed E-state index contributed by atoms with van der Waals surface area (Å²) in [5, 5.41) is 0. The average molecular weight is 781 g/mol. The van der Waals surface area contributed by atoms with Gasteiger partial charge in [0.1, 0.15) is 13.2 Å². The summed E-state index contributed by atoms with van der Waals surface area (Å²) in [6, 6.07) is 0. The van der Waals surface area contributed by atoms with Crippen LogP contribution in [0.5, 0.6) is 0 Å². The van der Waals surface area contributed by atoms with Crippen molar-refractivity contribution in [3.63, 3.8) is 0 Å². The van der Waals surface area contributed by atoms with Gasteiger partial charge in [-0.15, -0.1) is 0 Å². The Morgan fingerprint density at radius 3 is 1.18 bits per heavy atom. The maximum Gasteiger partial charge on any atom is 0.306 e. The highest BCUT2D eigenvalue weighted by Crippen LogP contribution is 2.12. The van der Waals surface area contributed by atoms with Gasteiger partial charge in [-0.05, 0) is 83.5 Å². The van der Waals surface area contributed by atoms with Gasteiger partial charge < -0.3 is 14.2 Å². The molecule has 0 saturated heterocycles. The zero-order chi connectivity index (χ0) is 40.8. The molecule has 320 valence electrons. The molecule has 0 amide bonds. The van der Waals surface area contributed by atoms with Gasteiger partial charge in [0.05, 0.1) is 0 Å². The van der Waals surface area contributed by atoms with Gasteiger partial charge in [-0.1, -0.05) is 177 Å². The predicted octanol–water partition coefficient (Wildman–Crippen LogP) is 14.7. The molecule has 0 aliphatic rings. The van der Waals surface area contributed by atoms with Crippen LogP contribution in [0, 0.1) is 0 Å². The predicted molar refractivity (Wildman–Crippen MR) is 238 cm³/mol. The van der Waals surface area contributed by atoms with E-state index in [9.17, 15) is 14.4 Å². The molecule has 0 rings (SSSR count). The molecule has 0 aromatic heterocycles. The van der Waals surface area contributed by atoms with E-state index in [0.717, 1.165) is 103 Å². The lowest BCUT2D eigenvalue weighted by atomic mass is 10.1. The Bertz CT molecular complexity index is 1080. The van der Waals surface area contributed by atoms with Crippen molar-refractivity contribution < 1.29 is 28.6 Å². The zero-order valence-electron chi connectivity index (χ0n) is 36.4. The van der Waals surface area contributed by atoms with Crippen LogP contribution >= 0.6 is 0 Å². The molecule has 1 atom stereocenters. The number of allylic oxidation sites excluding steroid dienone is 12. The van der Waals surface area contributed by atoms with E-state index in [1.165, 1.54) is 57.8 Å². The molecule has 0 heterocycles. The summed E-state index contributed by atoms with van der Waals surface area (Å²) in [4.78, 5) is 37.5. The van der Waals surface area contributed by atoms with Crippen molar-refractivity contribution in [1.29, 1.82) is 0 Å². The van der Waals surface area contributed by atoms with Crippen molar-refractivity contribution in [2.45, 2.75) is 213 Å². The highest BCUT2D eigenvalue weighted by atomic mass is 16.6. The minimum absolute atomic E-state index is 0.0979. The fourth-order valence-corrected chi connectivity index (χ4v) is 6.00. The van der Waals surface area contributed by atoms with E-state index < -0.39 is 6.10 Å². The first kappa shape index (κ1) is 52.9. The zero-order valence-corrected chi connectivity index (χ0v) is 36.4. The summed E-state index contributed by atoms with van der Waals surface area (Å²) in [7, 11) is 0. The molecule has 1 unspecified atom stereocenters. The summed E-state index contributed by atoms with van der Waals surface area (Å²) >= 11 is 0. The number of carbonyl (C=O) groups is 3. The van der Waals surface area contributed by atoms with Crippen molar-refractivity contribution >= 4 is 17.9 Å². The number of ether oxygens (including phenoxy) is 3. The minimum atomic E-state index is -0.797. The first-order chi connectivity index (χ1) is 27.5. The van der Waals surface area contributed by atoms with E-state index in [1.54, 1.807) is 0 Å². The summed E-state index contributed by atoms with van der Waals surface area (Å²) in [5.41, 5.74) is 0. The van der Waals surface area contributed by atoms with E-state index in [2.05, 4.69) is 93.7 Å². The summed E-state index contributed by atoms with van der Waals surface area (Å²) < 4.78 is 16.5. The van der Waals surface area contributed by atoms with E-state index in [4.69, 9.17) is 14.2 Å². The van der Waals surface area contributed by atoms with Crippen LogP contribution in [0.2, 0.25) is 0 Å². The average Bonchev–Trinajstić information content (AvgIpc) is 3.19. The van der Waals surface area contributed by atoms with Crippen molar-refractivity contribution in [1.82, 2.24) is 0 Å². The van der Waals surface area contributed by atoms with E-state index >= 15 is 0 Å². The molecule has 0 fully saturated rings. The lowest BCUT2D eigenvalue weighted by molar-refractivity contribution is -0.167. The third-order valence-corrected chi connectivity index (χ3v) is 9.45. The Morgan fingerprint density at radius 1 is 0.375 bits per heavy atom. The molecule has 0 bridgehead atoms. The molecule has 0 N–H and O–H groups in total. The van der Waals surface area contributed by atoms with Gasteiger partial charge in [-0.2, -0.15) is 0 Å². The molecule has 0 saturated carbocycles. The topological polar surface area (TPSA) is 78.9 Å². The molecule has 56 heavy (non-hydrogen) atoms. The molecule has 0 aliphatic heterocycles. The maximum atomic E-state index is 12.7. The second kappa shape index (κ2) is 44.6. The van der Waals surface area contributed by atoms with Gasteiger partial charge in [-0.25, -0.2) is 0 Å². The third-order valence-electron chi connectivity index (χ3n) is 9.45. The fourth-order valence-electron chi connectivity index (χ4n) is 6.00.